The fraction of sp³-hybridized carbons (Fsp3) is 0.571. The Morgan fingerprint density at radius 1 is 1.20 bits per heavy atom. The Morgan fingerprint density at radius 2 is 1.85 bits per heavy atom. The summed E-state index contributed by atoms with van der Waals surface area (Å²) in [6.45, 7) is 1.76. The molecule has 1 N–H and O–H groups in total. The Bertz CT molecular complexity index is 511. The minimum absolute atomic E-state index is 0.188. The van der Waals surface area contributed by atoms with Crippen molar-refractivity contribution >= 4 is 27.3 Å². The molecule has 0 atom stereocenters. The molecule has 1 aliphatic carbocycles. The third-order valence-corrected chi connectivity index (χ3v) is 4.51. The molecule has 1 saturated carbocycles. The van der Waals surface area contributed by atoms with Crippen LogP contribution in [-0.4, -0.2) is 30.1 Å². The van der Waals surface area contributed by atoms with Crippen molar-refractivity contribution in [2.75, 3.05) is 18.0 Å². The molecule has 0 spiro atoms. The van der Waals surface area contributed by atoms with Crippen LogP contribution in [0.25, 0.3) is 0 Å². The Labute approximate surface area is 126 Å². The van der Waals surface area contributed by atoms with Gasteiger partial charge in [-0.25, -0.2) is 0 Å². The first-order valence-corrected chi connectivity index (χ1v) is 7.88. The maximum absolute atomic E-state index is 11.2. The minimum Gasteiger partial charge on any atom is -0.366 e. The Morgan fingerprint density at radius 3 is 2.45 bits per heavy atom. The Hall–Kier alpha value is -1.14. The van der Waals surface area contributed by atoms with E-state index in [1.165, 1.54) is 12.8 Å². The lowest BCUT2D eigenvalue weighted by Gasteiger charge is -2.33. The van der Waals surface area contributed by atoms with Crippen molar-refractivity contribution in [3.05, 3.63) is 32.8 Å². The number of rotatable bonds is 4. The average molecular weight is 340 g/mol. The molecule has 1 aliphatic heterocycles. The van der Waals surface area contributed by atoms with Gasteiger partial charge in [-0.3, -0.25) is 10.1 Å². The zero-order valence-electron chi connectivity index (χ0n) is 11.2. The van der Waals surface area contributed by atoms with E-state index in [0.29, 0.717) is 6.04 Å². The monoisotopic (exact) mass is 339 g/mol. The van der Waals surface area contributed by atoms with Gasteiger partial charge in [-0.15, -0.1) is 0 Å². The molecule has 2 aliphatic rings. The van der Waals surface area contributed by atoms with Crippen molar-refractivity contribution in [1.29, 1.82) is 0 Å². The predicted octanol–water partition coefficient (Wildman–Crippen LogP) is 3.08. The van der Waals surface area contributed by atoms with Gasteiger partial charge < -0.3 is 10.2 Å². The van der Waals surface area contributed by atoms with E-state index in [9.17, 15) is 10.1 Å². The molecule has 1 saturated heterocycles. The summed E-state index contributed by atoms with van der Waals surface area (Å²) in [4.78, 5) is 13.0. The molecular weight excluding hydrogens is 322 g/mol. The lowest BCUT2D eigenvalue weighted by Crippen LogP contribution is -2.43. The van der Waals surface area contributed by atoms with E-state index in [2.05, 4.69) is 26.1 Å². The topological polar surface area (TPSA) is 58.4 Å². The summed E-state index contributed by atoms with van der Waals surface area (Å²) in [6, 6.07) is 6.61. The summed E-state index contributed by atoms with van der Waals surface area (Å²) in [5.74, 6) is 0. The van der Waals surface area contributed by atoms with Gasteiger partial charge in [0, 0.05) is 35.7 Å². The maximum Gasteiger partial charge on any atom is 0.293 e. The molecule has 0 aromatic heterocycles. The molecule has 5 nitrogen and oxygen atoms in total. The first kappa shape index (κ1) is 13.8. The first-order chi connectivity index (χ1) is 9.63. The molecule has 0 bridgehead atoms. The van der Waals surface area contributed by atoms with Crippen LogP contribution in [0.15, 0.2) is 22.7 Å². The van der Waals surface area contributed by atoms with Gasteiger partial charge in [0.05, 0.1) is 4.92 Å². The number of halogens is 1. The summed E-state index contributed by atoms with van der Waals surface area (Å²) in [7, 11) is 0. The lowest BCUT2D eigenvalue weighted by atomic mass is 10.0. The van der Waals surface area contributed by atoms with Crippen LogP contribution in [0.2, 0.25) is 0 Å². The second kappa shape index (κ2) is 5.69. The van der Waals surface area contributed by atoms with Gasteiger partial charge in [-0.1, -0.05) is 15.9 Å². The van der Waals surface area contributed by atoms with Crippen molar-refractivity contribution in [3.8, 4) is 0 Å². The van der Waals surface area contributed by atoms with Gasteiger partial charge in [-0.05, 0) is 37.8 Å². The summed E-state index contributed by atoms with van der Waals surface area (Å²) in [6.07, 6.45) is 4.73. The lowest BCUT2D eigenvalue weighted by molar-refractivity contribution is -0.384. The molecule has 1 aromatic carbocycles. The molecule has 0 amide bonds. The molecule has 108 valence electrons. The third-order valence-electron chi connectivity index (χ3n) is 4.02. The molecule has 20 heavy (non-hydrogen) atoms. The number of nitrogens with one attached hydrogen (secondary N) is 1. The highest BCUT2D eigenvalue weighted by Gasteiger charge is 2.29. The van der Waals surface area contributed by atoms with Crippen LogP contribution >= 0.6 is 15.9 Å². The second-order valence-electron chi connectivity index (χ2n) is 5.59. The molecule has 1 heterocycles. The molecule has 2 fully saturated rings. The number of piperidine rings is 1. The highest BCUT2D eigenvalue weighted by atomic mass is 79.9. The molecule has 1 aromatic rings. The van der Waals surface area contributed by atoms with Crippen LogP contribution in [0.4, 0.5) is 11.4 Å². The fourth-order valence-corrected chi connectivity index (χ4v) is 3.13. The summed E-state index contributed by atoms with van der Waals surface area (Å²) in [5.41, 5.74) is 0.927. The van der Waals surface area contributed by atoms with Crippen molar-refractivity contribution in [3.63, 3.8) is 0 Å². The molecule has 3 rings (SSSR count). The fourth-order valence-electron chi connectivity index (χ4n) is 2.78. The van der Waals surface area contributed by atoms with E-state index >= 15 is 0 Å². The number of benzene rings is 1. The summed E-state index contributed by atoms with van der Waals surface area (Å²) in [5, 5.41) is 14.8. The third kappa shape index (κ3) is 3.12. The van der Waals surface area contributed by atoms with Crippen molar-refractivity contribution in [1.82, 2.24) is 5.32 Å². The van der Waals surface area contributed by atoms with Crippen LogP contribution in [-0.2, 0) is 0 Å². The highest BCUT2D eigenvalue weighted by Crippen LogP contribution is 2.33. The van der Waals surface area contributed by atoms with Crippen molar-refractivity contribution in [2.24, 2.45) is 0 Å². The highest BCUT2D eigenvalue weighted by molar-refractivity contribution is 9.10. The van der Waals surface area contributed by atoms with Crippen LogP contribution in [0.5, 0.6) is 0 Å². The van der Waals surface area contributed by atoms with Gasteiger partial charge in [0.2, 0.25) is 0 Å². The van der Waals surface area contributed by atoms with Crippen molar-refractivity contribution in [2.45, 2.75) is 37.8 Å². The van der Waals surface area contributed by atoms with E-state index in [4.69, 9.17) is 0 Å². The standard InChI is InChI=1S/C14H18BrN3O2/c15-10-1-4-13(14(9-10)18(19)20)17-7-5-12(6-8-17)16-11-2-3-11/h1,4,9,11-12,16H,2-3,5-8H2. The van der Waals surface area contributed by atoms with E-state index < -0.39 is 0 Å². The Kier molecular flexibility index (Phi) is 3.94. The molecule has 0 radical (unpaired) electrons. The number of nitro benzene ring substituents is 1. The van der Waals surface area contributed by atoms with Gasteiger partial charge in [0.25, 0.3) is 5.69 Å². The molecule has 0 unspecified atom stereocenters. The van der Waals surface area contributed by atoms with Crippen LogP contribution in [0.1, 0.15) is 25.7 Å². The van der Waals surface area contributed by atoms with Crippen LogP contribution in [0, 0.1) is 10.1 Å². The first-order valence-electron chi connectivity index (χ1n) is 7.08. The van der Waals surface area contributed by atoms with Gasteiger partial charge >= 0.3 is 0 Å². The van der Waals surface area contributed by atoms with Gasteiger partial charge in [0.1, 0.15) is 5.69 Å². The normalized spacial score (nSPS) is 20.1. The predicted molar refractivity (Wildman–Crippen MR) is 82.2 cm³/mol. The maximum atomic E-state index is 11.2. The zero-order valence-corrected chi connectivity index (χ0v) is 12.8. The van der Waals surface area contributed by atoms with E-state index in [1.807, 2.05) is 12.1 Å². The van der Waals surface area contributed by atoms with Gasteiger partial charge in [0.15, 0.2) is 0 Å². The smallest absolute Gasteiger partial charge is 0.293 e. The van der Waals surface area contributed by atoms with E-state index in [1.54, 1.807) is 6.07 Å². The number of nitrogens with zero attached hydrogens (tertiary/aromatic N) is 2. The number of hydrogen-bond acceptors (Lipinski definition) is 4. The average Bonchev–Trinajstić information content (AvgIpc) is 3.24. The van der Waals surface area contributed by atoms with Crippen LogP contribution < -0.4 is 10.2 Å². The number of anilines is 1. The zero-order chi connectivity index (χ0) is 14.1. The summed E-state index contributed by atoms with van der Waals surface area (Å²) < 4.78 is 0.748. The minimum atomic E-state index is -0.297. The number of nitro groups is 1. The van der Waals surface area contributed by atoms with E-state index in [-0.39, 0.29) is 10.6 Å². The van der Waals surface area contributed by atoms with Crippen LogP contribution in [0.3, 0.4) is 0 Å². The second-order valence-corrected chi connectivity index (χ2v) is 6.51. The SMILES string of the molecule is O=[N+]([O-])c1cc(Br)ccc1N1CCC(NC2CC2)CC1. The summed E-state index contributed by atoms with van der Waals surface area (Å²) >= 11 is 3.30. The quantitative estimate of drug-likeness (QED) is 0.676. The molecular formula is C14H18BrN3O2. The Balaban J connectivity index is 1.69. The largest absolute Gasteiger partial charge is 0.366 e. The molecule has 6 heteroatoms. The van der Waals surface area contributed by atoms with E-state index in [0.717, 1.165) is 42.1 Å². The van der Waals surface area contributed by atoms with Gasteiger partial charge in [-0.2, -0.15) is 0 Å². The van der Waals surface area contributed by atoms with Crippen molar-refractivity contribution < 1.29 is 4.92 Å². The number of hydrogen-bond donors (Lipinski definition) is 1.